The summed E-state index contributed by atoms with van der Waals surface area (Å²) in [6, 6.07) is 7.51. The molecule has 0 heterocycles. The second-order valence-corrected chi connectivity index (χ2v) is 4.50. The Morgan fingerprint density at radius 2 is 2.00 bits per heavy atom. The third-order valence-electron chi connectivity index (χ3n) is 2.82. The molecule has 0 aliphatic rings. The van der Waals surface area contributed by atoms with E-state index in [1.807, 2.05) is 18.2 Å². The summed E-state index contributed by atoms with van der Waals surface area (Å²) in [6.07, 6.45) is 4.53. The van der Waals surface area contributed by atoms with Gasteiger partial charge in [-0.2, -0.15) is 0 Å². The van der Waals surface area contributed by atoms with Crippen LogP contribution in [0.2, 0.25) is 0 Å². The smallest absolute Gasteiger partial charge is 1.00 e. The summed E-state index contributed by atoms with van der Waals surface area (Å²) in [4.78, 5) is 0. The summed E-state index contributed by atoms with van der Waals surface area (Å²) < 4.78 is 4.96. The SMILES string of the molecule is CCCCC(C)Cc1ccccc1OB(O)O.[H-].[Na+]. The Morgan fingerprint density at radius 3 is 2.61 bits per heavy atom. The Balaban J connectivity index is 0. The van der Waals surface area contributed by atoms with Crippen molar-refractivity contribution in [3.05, 3.63) is 29.8 Å². The van der Waals surface area contributed by atoms with Gasteiger partial charge in [0, 0.05) is 0 Å². The molecule has 0 saturated carbocycles. The normalized spacial score (nSPS) is 11.6. The third kappa shape index (κ3) is 6.81. The van der Waals surface area contributed by atoms with E-state index < -0.39 is 7.32 Å². The van der Waals surface area contributed by atoms with Crippen molar-refractivity contribution < 1.29 is 45.7 Å². The fraction of sp³-hybridized carbons (Fsp3) is 0.538. The van der Waals surface area contributed by atoms with E-state index in [2.05, 4.69) is 13.8 Å². The second-order valence-electron chi connectivity index (χ2n) is 4.50. The minimum atomic E-state index is -1.75. The molecule has 5 heteroatoms. The van der Waals surface area contributed by atoms with E-state index in [1.165, 1.54) is 19.3 Å². The monoisotopic (exact) mass is 260 g/mol. The van der Waals surface area contributed by atoms with Gasteiger partial charge >= 0.3 is 36.9 Å². The maximum absolute atomic E-state index is 8.84. The van der Waals surface area contributed by atoms with Gasteiger partial charge in [-0.3, -0.25) is 0 Å². The summed E-state index contributed by atoms with van der Waals surface area (Å²) in [6.45, 7) is 4.40. The number of rotatable bonds is 7. The van der Waals surface area contributed by atoms with Crippen molar-refractivity contribution in [2.24, 2.45) is 5.92 Å². The molecule has 0 aliphatic carbocycles. The number of para-hydroxylation sites is 1. The zero-order valence-corrected chi connectivity index (χ0v) is 13.6. The largest absolute Gasteiger partial charge is 1.00 e. The van der Waals surface area contributed by atoms with E-state index in [4.69, 9.17) is 14.7 Å². The van der Waals surface area contributed by atoms with Crippen LogP contribution in [0.5, 0.6) is 5.75 Å². The van der Waals surface area contributed by atoms with Crippen molar-refractivity contribution >= 4 is 7.32 Å². The van der Waals surface area contributed by atoms with Crippen LogP contribution in [0.1, 0.15) is 40.1 Å². The zero-order valence-electron chi connectivity index (χ0n) is 12.6. The van der Waals surface area contributed by atoms with Crippen molar-refractivity contribution in [2.75, 3.05) is 0 Å². The van der Waals surface area contributed by atoms with E-state index in [1.54, 1.807) is 6.07 Å². The Hall–Kier alpha value is 0.00494. The average Bonchev–Trinajstić information content (AvgIpc) is 2.28. The molecular weight excluding hydrogens is 238 g/mol. The van der Waals surface area contributed by atoms with Gasteiger partial charge in [-0.1, -0.05) is 51.3 Å². The molecule has 0 amide bonds. The van der Waals surface area contributed by atoms with E-state index >= 15 is 0 Å². The molecule has 0 saturated heterocycles. The number of hydrogen-bond donors (Lipinski definition) is 2. The minimum absolute atomic E-state index is 0. The minimum Gasteiger partial charge on any atom is -1.00 e. The second kappa shape index (κ2) is 9.87. The molecule has 2 N–H and O–H groups in total. The molecule has 0 aromatic heterocycles. The van der Waals surface area contributed by atoms with Crippen molar-refractivity contribution in [3.63, 3.8) is 0 Å². The molecule has 18 heavy (non-hydrogen) atoms. The van der Waals surface area contributed by atoms with Gasteiger partial charge < -0.3 is 16.1 Å². The number of unbranched alkanes of at least 4 members (excludes halogenated alkanes) is 1. The van der Waals surface area contributed by atoms with E-state index in [0.717, 1.165) is 12.0 Å². The summed E-state index contributed by atoms with van der Waals surface area (Å²) in [5.74, 6) is 1.14. The van der Waals surface area contributed by atoms with Gasteiger partial charge in [0.15, 0.2) is 0 Å². The number of benzene rings is 1. The van der Waals surface area contributed by atoms with Crippen LogP contribution in [0.4, 0.5) is 0 Å². The predicted molar refractivity (Wildman–Crippen MR) is 70.8 cm³/mol. The zero-order chi connectivity index (χ0) is 12.7. The quantitative estimate of drug-likeness (QED) is 0.651. The molecule has 96 valence electrons. The molecule has 1 aromatic carbocycles. The molecule has 0 fully saturated rings. The van der Waals surface area contributed by atoms with Gasteiger partial charge in [0.05, 0.1) is 0 Å². The first-order valence-corrected chi connectivity index (χ1v) is 6.24. The molecule has 0 radical (unpaired) electrons. The first kappa shape index (κ1) is 18.0. The molecular formula is C13H22BNaO3. The van der Waals surface area contributed by atoms with Crippen LogP contribution < -0.4 is 34.2 Å². The molecule has 3 nitrogen and oxygen atoms in total. The maximum atomic E-state index is 8.84. The standard InChI is InChI=1S/C13H21BO3.Na.H/c1-3-4-7-11(2)10-12-8-5-6-9-13(12)17-14(15)16;;/h5-6,8-9,11,15-16H,3-4,7,10H2,1-2H3;;/q;+1;-1. The fourth-order valence-electron chi connectivity index (χ4n) is 1.93. The Labute approximate surface area is 134 Å². The van der Waals surface area contributed by atoms with Gasteiger partial charge in [0.1, 0.15) is 5.75 Å². The molecule has 1 rings (SSSR count). The maximum Gasteiger partial charge on any atom is 1.00 e. The van der Waals surface area contributed by atoms with Crippen LogP contribution in [0, 0.1) is 5.92 Å². The van der Waals surface area contributed by atoms with Crippen molar-refractivity contribution in [3.8, 4) is 5.75 Å². The van der Waals surface area contributed by atoms with E-state index in [9.17, 15) is 0 Å². The third-order valence-corrected chi connectivity index (χ3v) is 2.82. The van der Waals surface area contributed by atoms with Gasteiger partial charge in [-0.25, -0.2) is 0 Å². The summed E-state index contributed by atoms with van der Waals surface area (Å²) in [5, 5.41) is 17.7. The van der Waals surface area contributed by atoms with Crippen LogP contribution in [-0.2, 0) is 6.42 Å². The molecule has 0 bridgehead atoms. The van der Waals surface area contributed by atoms with E-state index in [-0.39, 0.29) is 31.0 Å². The van der Waals surface area contributed by atoms with Gasteiger partial charge in [-0.15, -0.1) is 0 Å². The fourth-order valence-corrected chi connectivity index (χ4v) is 1.93. The van der Waals surface area contributed by atoms with Gasteiger partial charge in [0.25, 0.3) is 0 Å². The van der Waals surface area contributed by atoms with Crippen LogP contribution in [0.3, 0.4) is 0 Å². The van der Waals surface area contributed by atoms with Crippen LogP contribution in [0.15, 0.2) is 24.3 Å². The Morgan fingerprint density at radius 1 is 1.33 bits per heavy atom. The van der Waals surface area contributed by atoms with Crippen LogP contribution in [-0.4, -0.2) is 17.4 Å². The van der Waals surface area contributed by atoms with Gasteiger partial charge in [-0.05, 0) is 24.0 Å². The Bertz CT molecular complexity index is 339. The topological polar surface area (TPSA) is 49.7 Å². The first-order valence-electron chi connectivity index (χ1n) is 6.24. The summed E-state index contributed by atoms with van der Waals surface area (Å²) in [5.41, 5.74) is 1.03. The van der Waals surface area contributed by atoms with Gasteiger partial charge in [0.2, 0.25) is 0 Å². The molecule has 1 atom stereocenters. The molecule has 0 spiro atoms. The van der Waals surface area contributed by atoms with Crippen molar-refractivity contribution in [1.82, 2.24) is 0 Å². The molecule has 1 aromatic rings. The van der Waals surface area contributed by atoms with Crippen molar-refractivity contribution in [1.29, 1.82) is 0 Å². The molecule has 0 aliphatic heterocycles. The van der Waals surface area contributed by atoms with Crippen molar-refractivity contribution in [2.45, 2.75) is 39.5 Å². The summed E-state index contributed by atoms with van der Waals surface area (Å²) in [7, 11) is -1.75. The number of hydrogen-bond acceptors (Lipinski definition) is 3. The average molecular weight is 260 g/mol. The van der Waals surface area contributed by atoms with E-state index in [0.29, 0.717) is 11.7 Å². The summed E-state index contributed by atoms with van der Waals surface area (Å²) >= 11 is 0. The Kier molecular flexibility index (Phi) is 9.88. The molecule has 1 unspecified atom stereocenters. The van der Waals surface area contributed by atoms with Crippen LogP contribution in [0.25, 0.3) is 0 Å². The van der Waals surface area contributed by atoms with Crippen LogP contribution >= 0.6 is 0 Å². The first-order chi connectivity index (χ1) is 8.13. The predicted octanol–water partition coefficient (Wildman–Crippen LogP) is -0.480.